The molecule has 2 rings (SSSR count). The second-order valence-electron chi connectivity index (χ2n) is 7.82. The highest BCUT2D eigenvalue weighted by atomic mass is 16.2. The number of hydrogen-bond donors (Lipinski definition) is 0. The quantitative estimate of drug-likeness (QED) is 0.712. The van der Waals surface area contributed by atoms with Crippen molar-refractivity contribution in [3.8, 4) is 0 Å². The van der Waals surface area contributed by atoms with E-state index in [0.29, 0.717) is 30.4 Å². The van der Waals surface area contributed by atoms with Crippen LogP contribution in [0.1, 0.15) is 55.5 Å². The summed E-state index contributed by atoms with van der Waals surface area (Å²) < 4.78 is 0. The minimum absolute atomic E-state index is 0.0608. The average Bonchev–Trinajstić information content (AvgIpc) is 2.59. The number of rotatable bonds is 7. The van der Waals surface area contributed by atoms with Crippen molar-refractivity contribution in [2.45, 2.75) is 52.0 Å². The summed E-state index contributed by atoms with van der Waals surface area (Å²) in [6.45, 7) is 5.98. The van der Waals surface area contributed by atoms with E-state index in [9.17, 15) is 9.59 Å². The van der Waals surface area contributed by atoms with Crippen LogP contribution in [-0.4, -0.2) is 54.7 Å². The van der Waals surface area contributed by atoms with Crippen molar-refractivity contribution < 1.29 is 9.59 Å². The van der Waals surface area contributed by atoms with Crippen LogP contribution in [0.4, 0.5) is 0 Å². The van der Waals surface area contributed by atoms with E-state index in [1.54, 1.807) is 0 Å². The van der Waals surface area contributed by atoms with Gasteiger partial charge in [-0.3, -0.25) is 9.59 Å². The molecule has 0 aromatic heterocycles. The Kier molecular flexibility index (Phi) is 7.18. The van der Waals surface area contributed by atoms with Crippen LogP contribution >= 0.6 is 0 Å². The molecule has 4 nitrogen and oxygen atoms in total. The number of Topliss-reactive ketones (excluding diaryl/α,β-unsaturated/α-hetero) is 1. The van der Waals surface area contributed by atoms with Gasteiger partial charge >= 0.3 is 0 Å². The van der Waals surface area contributed by atoms with E-state index in [1.165, 1.54) is 5.56 Å². The van der Waals surface area contributed by atoms with Gasteiger partial charge in [-0.2, -0.15) is 0 Å². The van der Waals surface area contributed by atoms with Gasteiger partial charge in [0.1, 0.15) is 0 Å². The van der Waals surface area contributed by atoms with Crippen LogP contribution in [0.15, 0.2) is 24.3 Å². The standard InChI is InChI=1S/C21H32N2O2/c1-16(2)14-17-7-9-18(10-8-17)20(24)11-12-21(25)23-13-5-6-19(15-23)22(3)4/h7-10,16,19H,5-6,11-15H2,1-4H3. The zero-order valence-corrected chi connectivity index (χ0v) is 16.1. The van der Waals surface area contributed by atoms with E-state index < -0.39 is 0 Å². The SMILES string of the molecule is CC(C)Cc1ccc(C(=O)CCC(=O)N2CCCC(N(C)C)C2)cc1. The number of likely N-dealkylation sites (tertiary alicyclic amines) is 1. The summed E-state index contributed by atoms with van der Waals surface area (Å²) in [7, 11) is 4.12. The third kappa shape index (κ3) is 5.96. The molecule has 1 aliphatic heterocycles. The van der Waals surface area contributed by atoms with Crippen molar-refractivity contribution >= 4 is 11.7 Å². The molecule has 1 amide bonds. The Morgan fingerprint density at radius 3 is 2.44 bits per heavy atom. The van der Waals surface area contributed by atoms with Crippen LogP contribution in [0.2, 0.25) is 0 Å². The van der Waals surface area contributed by atoms with Crippen LogP contribution in [-0.2, 0) is 11.2 Å². The maximum atomic E-state index is 12.4. The lowest BCUT2D eigenvalue weighted by Crippen LogP contribution is -2.47. The third-order valence-corrected chi connectivity index (χ3v) is 4.97. The van der Waals surface area contributed by atoms with Crippen molar-refractivity contribution in [1.29, 1.82) is 0 Å². The van der Waals surface area contributed by atoms with Crippen LogP contribution in [0.3, 0.4) is 0 Å². The van der Waals surface area contributed by atoms with Crippen molar-refractivity contribution in [1.82, 2.24) is 9.80 Å². The number of nitrogens with zero attached hydrogens (tertiary/aromatic N) is 2. The molecule has 0 bridgehead atoms. The van der Waals surface area contributed by atoms with Gasteiger partial charge in [-0.25, -0.2) is 0 Å². The lowest BCUT2D eigenvalue weighted by atomic mass is 9.99. The number of ketones is 1. The monoisotopic (exact) mass is 344 g/mol. The van der Waals surface area contributed by atoms with Crippen LogP contribution in [0, 0.1) is 5.92 Å². The first-order chi connectivity index (χ1) is 11.9. The Balaban J connectivity index is 1.83. The second kappa shape index (κ2) is 9.14. The predicted molar refractivity (Wildman–Crippen MR) is 102 cm³/mol. The van der Waals surface area contributed by atoms with Crippen LogP contribution in [0.25, 0.3) is 0 Å². The molecule has 1 fully saturated rings. The first-order valence-electron chi connectivity index (χ1n) is 9.43. The summed E-state index contributed by atoms with van der Waals surface area (Å²) in [5.74, 6) is 0.775. The van der Waals surface area contributed by atoms with Gasteiger partial charge in [-0.15, -0.1) is 0 Å². The zero-order valence-electron chi connectivity index (χ0n) is 16.1. The average molecular weight is 344 g/mol. The Morgan fingerprint density at radius 2 is 1.84 bits per heavy atom. The molecule has 0 saturated carbocycles. The van der Waals surface area contributed by atoms with Gasteiger partial charge in [-0.05, 0) is 44.8 Å². The molecule has 4 heteroatoms. The molecule has 1 saturated heterocycles. The molecule has 138 valence electrons. The summed E-state index contributed by atoms with van der Waals surface area (Å²) in [5, 5.41) is 0. The number of amides is 1. The maximum absolute atomic E-state index is 12.4. The van der Waals surface area contributed by atoms with Crippen LogP contribution in [0.5, 0.6) is 0 Å². The number of hydrogen-bond acceptors (Lipinski definition) is 3. The Bertz CT molecular complexity index is 578. The first kappa shape index (κ1) is 19.6. The molecule has 1 unspecified atom stereocenters. The molecule has 1 aromatic carbocycles. The van der Waals surface area contributed by atoms with E-state index >= 15 is 0 Å². The molecule has 0 spiro atoms. The number of carbonyl (C=O) groups excluding carboxylic acids is 2. The largest absolute Gasteiger partial charge is 0.341 e. The number of piperidine rings is 1. The third-order valence-electron chi connectivity index (χ3n) is 4.97. The zero-order chi connectivity index (χ0) is 18.4. The first-order valence-corrected chi connectivity index (χ1v) is 9.43. The summed E-state index contributed by atoms with van der Waals surface area (Å²) in [6, 6.07) is 8.28. The topological polar surface area (TPSA) is 40.6 Å². The van der Waals surface area contributed by atoms with Gasteiger partial charge in [0.15, 0.2) is 5.78 Å². The Morgan fingerprint density at radius 1 is 1.16 bits per heavy atom. The molecule has 1 aliphatic rings. The molecule has 25 heavy (non-hydrogen) atoms. The molecule has 0 aliphatic carbocycles. The van der Waals surface area contributed by atoms with Gasteiger partial charge in [0.05, 0.1) is 0 Å². The lowest BCUT2D eigenvalue weighted by Gasteiger charge is -2.36. The van der Waals surface area contributed by atoms with Gasteiger partial charge < -0.3 is 9.80 Å². The smallest absolute Gasteiger partial charge is 0.223 e. The minimum atomic E-state index is 0.0608. The van der Waals surface area contributed by atoms with Gasteiger partial charge in [0.2, 0.25) is 5.91 Å². The Labute approximate surface area is 152 Å². The highest BCUT2D eigenvalue weighted by Gasteiger charge is 2.25. The molecular formula is C21H32N2O2. The van der Waals surface area contributed by atoms with Crippen LogP contribution < -0.4 is 0 Å². The van der Waals surface area contributed by atoms with E-state index in [4.69, 9.17) is 0 Å². The highest BCUT2D eigenvalue weighted by molar-refractivity contribution is 5.98. The lowest BCUT2D eigenvalue weighted by molar-refractivity contribution is -0.133. The van der Waals surface area contributed by atoms with E-state index in [0.717, 1.165) is 32.4 Å². The minimum Gasteiger partial charge on any atom is -0.341 e. The number of likely N-dealkylation sites (N-methyl/N-ethyl adjacent to an activating group) is 1. The number of carbonyl (C=O) groups is 2. The summed E-state index contributed by atoms with van der Waals surface area (Å²) in [5.41, 5.74) is 1.97. The molecule has 1 heterocycles. The van der Waals surface area contributed by atoms with Crippen molar-refractivity contribution in [3.05, 3.63) is 35.4 Å². The van der Waals surface area contributed by atoms with Crippen molar-refractivity contribution in [2.75, 3.05) is 27.2 Å². The molecular weight excluding hydrogens is 312 g/mol. The van der Waals surface area contributed by atoms with Crippen molar-refractivity contribution in [3.63, 3.8) is 0 Å². The molecule has 0 radical (unpaired) electrons. The molecule has 1 aromatic rings. The summed E-state index contributed by atoms with van der Waals surface area (Å²) in [6.07, 6.45) is 3.81. The van der Waals surface area contributed by atoms with Gasteiger partial charge in [-0.1, -0.05) is 38.1 Å². The summed E-state index contributed by atoms with van der Waals surface area (Å²) in [4.78, 5) is 28.9. The van der Waals surface area contributed by atoms with E-state index in [1.807, 2.05) is 29.2 Å². The highest BCUT2D eigenvalue weighted by Crippen LogP contribution is 2.16. The van der Waals surface area contributed by atoms with E-state index in [2.05, 4.69) is 32.8 Å². The fraction of sp³-hybridized carbons (Fsp3) is 0.619. The van der Waals surface area contributed by atoms with E-state index in [-0.39, 0.29) is 11.7 Å². The Hall–Kier alpha value is -1.68. The van der Waals surface area contributed by atoms with Gasteiger partial charge in [0, 0.05) is 37.5 Å². The molecule has 1 atom stereocenters. The van der Waals surface area contributed by atoms with Crippen molar-refractivity contribution in [2.24, 2.45) is 5.92 Å². The fourth-order valence-corrected chi connectivity index (χ4v) is 3.42. The second-order valence-corrected chi connectivity index (χ2v) is 7.82. The maximum Gasteiger partial charge on any atom is 0.223 e. The fourth-order valence-electron chi connectivity index (χ4n) is 3.42. The predicted octanol–water partition coefficient (Wildman–Crippen LogP) is 3.40. The molecule has 0 N–H and O–H groups in total. The summed E-state index contributed by atoms with van der Waals surface area (Å²) >= 11 is 0. The number of benzene rings is 1. The normalized spacial score (nSPS) is 18.0. The van der Waals surface area contributed by atoms with Gasteiger partial charge in [0.25, 0.3) is 0 Å².